The van der Waals surface area contributed by atoms with Crippen molar-refractivity contribution in [1.82, 2.24) is 9.71 Å². The number of aromatic nitrogens is 1. The van der Waals surface area contributed by atoms with Gasteiger partial charge in [0, 0.05) is 36.7 Å². The van der Waals surface area contributed by atoms with Crippen LogP contribution in [0.15, 0.2) is 24.3 Å². The first-order chi connectivity index (χ1) is 13.3. The summed E-state index contributed by atoms with van der Waals surface area (Å²) in [6, 6.07) is 7.89. The van der Waals surface area contributed by atoms with E-state index in [0.717, 1.165) is 0 Å². The van der Waals surface area contributed by atoms with Gasteiger partial charge in [-0.3, -0.25) is 10.1 Å². The first kappa shape index (κ1) is 20.0. The molecular weight excluding hydrogens is 382 g/mol. The van der Waals surface area contributed by atoms with E-state index >= 15 is 0 Å². The van der Waals surface area contributed by atoms with Gasteiger partial charge in [-0.2, -0.15) is 5.26 Å². The predicted molar refractivity (Wildman–Crippen MR) is 106 cm³/mol. The smallest absolute Gasteiger partial charge is 0.270 e. The Morgan fingerprint density at radius 1 is 1.36 bits per heavy atom. The van der Waals surface area contributed by atoms with Crippen LogP contribution in [-0.2, 0) is 10.0 Å². The number of sulfonamides is 1. The molecule has 1 aliphatic rings. The fourth-order valence-corrected chi connectivity index (χ4v) is 4.77. The van der Waals surface area contributed by atoms with Gasteiger partial charge in [0.15, 0.2) is 0 Å². The Labute approximate surface area is 163 Å². The van der Waals surface area contributed by atoms with Crippen LogP contribution >= 0.6 is 0 Å². The summed E-state index contributed by atoms with van der Waals surface area (Å²) in [6.07, 6.45) is 1.86. The third-order valence-electron chi connectivity index (χ3n) is 4.75. The minimum atomic E-state index is -3.25. The van der Waals surface area contributed by atoms with Gasteiger partial charge in [-0.25, -0.2) is 18.1 Å². The van der Waals surface area contributed by atoms with Gasteiger partial charge in [0.1, 0.15) is 5.82 Å². The van der Waals surface area contributed by atoms with Crippen molar-refractivity contribution in [1.29, 1.82) is 5.26 Å². The molecule has 0 unspecified atom stereocenters. The molecule has 0 atom stereocenters. The summed E-state index contributed by atoms with van der Waals surface area (Å²) < 4.78 is 26.6. The van der Waals surface area contributed by atoms with Crippen molar-refractivity contribution in [3.63, 3.8) is 0 Å². The molecule has 0 radical (unpaired) electrons. The quantitative estimate of drug-likeness (QED) is 0.578. The van der Waals surface area contributed by atoms with Crippen LogP contribution in [-0.4, -0.2) is 43.2 Å². The molecule has 28 heavy (non-hydrogen) atoms. The molecule has 0 saturated carbocycles. The average molecular weight is 403 g/mol. The van der Waals surface area contributed by atoms with Crippen molar-refractivity contribution in [2.45, 2.75) is 32.2 Å². The number of benzene rings is 1. The summed E-state index contributed by atoms with van der Waals surface area (Å²) >= 11 is 0. The Hall–Kier alpha value is -2.77. The number of anilines is 1. The SMILES string of the molecule is CCCS(=O)(=O)NC1CCN(c2cc(C#N)c3cc([N+](=O)[O-])ccc3n2)CC1. The number of pyridine rings is 1. The molecular formula is C18H21N5O4S. The van der Waals surface area contributed by atoms with Gasteiger partial charge >= 0.3 is 0 Å². The van der Waals surface area contributed by atoms with Gasteiger partial charge < -0.3 is 4.90 Å². The highest BCUT2D eigenvalue weighted by Crippen LogP contribution is 2.27. The third-order valence-corrected chi connectivity index (χ3v) is 6.39. The summed E-state index contributed by atoms with van der Waals surface area (Å²) in [5, 5.41) is 20.9. The van der Waals surface area contributed by atoms with E-state index in [2.05, 4.69) is 15.8 Å². The number of hydrogen-bond donors (Lipinski definition) is 1. The van der Waals surface area contributed by atoms with E-state index in [1.807, 2.05) is 11.8 Å². The fraction of sp³-hybridized carbons (Fsp3) is 0.444. The molecule has 0 amide bonds. The number of nitro groups is 1. The summed E-state index contributed by atoms with van der Waals surface area (Å²) in [5.74, 6) is 0.740. The van der Waals surface area contributed by atoms with Crippen molar-refractivity contribution in [2.75, 3.05) is 23.7 Å². The summed E-state index contributed by atoms with van der Waals surface area (Å²) in [6.45, 7) is 3.04. The lowest BCUT2D eigenvalue weighted by Gasteiger charge is -2.33. The van der Waals surface area contributed by atoms with Crippen molar-refractivity contribution >= 4 is 32.4 Å². The Balaban J connectivity index is 1.79. The van der Waals surface area contributed by atoms with Crippen LogP contribution in [0.2, 0.25) is 0 Å². The molecule has 2 heterocycles. The standard InChI is InChI=1S/C18H21N5O4S/c1-2-9-28(26,27)21-14-5-7-22(8-6-14)18-10-13(12-19)16-11-15(23(24)25)3-4-17(16)20-18/h3-4,10-11,14,21H,2,5-9H2,1H3. The van der Waals surface area contributed by atoms with E-state index in [1.165, 1.54) is 12.1 Å². The second kappa shape index (κ2) is 8.08. The van der Waals surface area contributed by atoms with E-state index in [1.54, 1.807) is 12.1 Å². The van der Waals surface area contributed by atoms with Gasteiger partial charge in [0.25, 0.3) is 5.69 Å². The maximum absolute atomic E-state index is 11.9. The molecule has 0 bridgehead atoms. The van der Waals surface area contributed by atoms with Gasteiger partial charge in [0.2, 0.25) is 10.0 Å². The Bertz CT molecular complexity index is 1040. The van der Waals surface area contributed by atoms with Crippen LogP contribution in [0.5, 0.6) is 0 Å². The lowest BCUT2D eigenvalue weighted by atomic mass is 10.0. The van der Waals surface area contributed by atoms with Crippen molar-refractivity contribution in [3.8, 4) is 6.07 Å². The van der Waals surface area contributed by atoms with Gasteiger partial charge in [-0.15, -0.1) is 0 Å². The Kier molecular flexibility index (Phi) is 5.76. The Morgan fingerprint density at radius 3 is 2.68 bits per heavy atom. The second-order valence-corrected chi connectivity index (χ2v) is 8.67. The van der Waals surface area contributed by atoms with Crippen LogP contribution in [0.25, 0.3) is 10.9 Å². The van der Waals surface area contributed by atoms with E-state index in [4.69, 9.17) is 0 Å². The van der Waals surface area contributed by atoms with Crippen molar-refractivity contribution in [2.24, 2.45) is 0 Å². The molecule has 10 heteroatoms. The van der Waals surface area contributed by atoms with E-state index in [0.29, 0.717) is 54.6 Å². The minimum Gasteiger partial charge on any atom is -0.356 e. The largest absolute Gasteiger partial charge is 0.356 e. The number of non-ortho nitro benzene ring substituents is 1. The number of rotatable bonds is 6. The van der Waals surface area contributed by atoms with Crippen molar-refractivity contribution < 1.29 is 13.3 Å². The van der Waals surface area contributed by atoms with Gasteiger partial charge in [-0.05, 0) is 31.4 Å². The van der Waals surface area contributed by atoms with Crippen LogP contribution < -0.4 is 9.62 Å². The molecule has 148 valence electrons. The number of nitrogens with zero attached hydrogens (tertiary/aromatic N) is 4. The van der Waals surface area contributed by atoms with E-state index in [-0.39, 0.29) is 17.5 Å². The van der Waals surface area contributed by atoms with E-state index in [9.17, 15) is 23.8 Å². The van der Waals surface area contributed by atoms with Crippen LogP contribution in [0.3, 0.4) is 0 Å². The number of nitriles is 1. The molecule has 1 aromatic carbocycles. The Morgan fingerprint density at radius 2 is 2.07 bits per heavy atom. The molecule has 0 aliphatic carbocycles. The number of piperidine rings is 1. The molecule has 1 aliphatic heterocycles. The highest BCUT2D eigenvalue weighted by molar-refractivity contribution is 7.89. The maximum atomic E-state index is 11.9. The molecule has 1 saturated heterocycles. The monoisotopic (exact) mass is 403 g/mol. The first-order valence-corrected chi connectivity index (χ1v) is 10.7. The summed E-state index contributed by atoms with van der Waals surface area (Å²) in [5.41, 5.74) is 0.763. The zero-order valence-corrected chi connectivity index (χ0v) is 16.3. The minimum absolute atomic E-state index is 0.0845. The normalized spacial score (nSPS) is 15.5. The number of nitrogens with one attached hydrogen (secondary N) is 1. The van der Waals surface area contributed by atoms with Crippen LogP contribution in [0.1, 0.15) is 31.7 Å². The lowest BCUT2D eigenvalue weighted by Crippen LogP contribution is -2.45. The highest BCUT2D eigenvalue weighted by Gasteiger charge is 2.24. The molecule has 0 spiro atoms. The lowest BCUT2D eigenvalue weighted by molar-refractivity contribution is -0.384. The topological polar surface area (TPSA) is 129 Å². The van der Waals surface area contributed by atoms with Crippen LogP contribution in [0, 0.1) is 21.4 Å². The molecule has 1 fully saturated rings. The highest BCUT2D eigenvalue weighted by atomic mass is 32.2. The van der Waals surface area contributed by atoms with Gasteiger partial charge in [-0.1, -0.05) is 6.92 Å². The second-order valence-electron chi connectivity index (χ2n) is 6.80. The molecule has 2 aromatic rings. The van der Waals surface area contributed by atoms with Gasteiger partial charge in [0.05, 0.1) is 27.8 Å². The molecule has 1 aromatic heterocycles. The van der Waals surface area contributed by atoms with Crippen molar-refractivity contribution in [3.05, 3.63) is 39.9 Å². The summed E-state index contributed by atoms with van der Waals surface area (Å²) in [7, 11) is -3.25. The number of fused-ring (bicyclic) bond motifs is 1. The predicted octanol–water partition coefficient (Wildman–Crippen LogP) is 2.31. The van der Waals surface area contributed by atoms with E-state index < -0.39 is 14.9 Å². The fourth-order valence-electron chi connectivity index (χ4n) is 3.38. The summed E-state index contributed by atoms with van der Waals surface area (Å²) in [4.78, 5) is 17.0. The first-order valence-electron chi connectivity index (χ1n) is 9.07. The molecule has 1 N–H and O–H groups in total. The molecule has 3 rings (SSSR count). The number of hydrogen-bond acceptors (Lipinski definition) is 7. The average Bonchev–Trinajstić information content (AvgIpc) is 2.66. The maximum Gasteiger partial charge on any atom is 0.270 e. The van der Waals surface area contributed by atoms with Crippen LogP contribution in [0.4, 0.5) is 11.5 Å². The number of nitro benzene ring substituents is 1. The zero-order valence-electron chi connectivity index (χ0n) is 15.5. The third kappa shape index (κ3) is 4.37. The molecule has 9 nitrogen and oxygen atoms in total. The zero-order chi connectivity index (χ0) is 20.3.